The summed E-state index contributed by atoms with van der Waals surface area (Å²) in [4.78, 5) is 0. The molecule has 1 aromatic carbocycles. The number of rotatable bonds is 4. The molecule has 0 amide bonds. The van der Waals surface area contributed by atoms with Gasteiger partial charge in [-0.25, -0.2) is 0 Å². The molecule has 212 valence electrons. The van der Waals surface area contributed by atoms with Crippen molar-refractivity contribution in [3.05, 3.63) is 46.2 Å². The average Bonchev–Trinajstić information content (AvgIpc) is 3.17. The van der Waals surface area contributed by atoms with Crippen LogP contribution in [-0.2, 0) is 23.1 Å². The highest BCUT2D eigenvalue weighted by Gasteiger charge is 2.60. The van der Waals surface area contributed by atoms with E-state index in [-0.39, 0.29) is 50.9 Å². The zero-order valence-electron chi connectivity index (χ0n) is 20.7. The van der Waals surface area contributed by atoms with Crippen LogP contribution in [0, 0.1) is 23.0 Å². The van der Waals surface area contributed by atoms with E-state index in [1.54, 1.807) is 12.2 Å². The maximum atomic E-state index is 13.1. The van der Waals surface area contributed by atoms with Crippen LogP contribution < -0.4 is 4.72 Å². The second-order valence-corrected chi connectivity index (χ2v) is 13.0. The Morgan fingerprint density at radius 1 is 1.03 bits per heavy atom. The minimum absolute atomic E-state index is 0.0757. The van der Waals surface area contributed by atoms with Crippen LogP contribution in [0.4, 0.5) is 26.3 Å². The molecule has 0 aromatic heterocycles. The van der Waals surface area contributed by atoms with E-state index in [1.807, 2.05) is 18.2 Å². The van der Waals surface area contributed by atoms with Gasteiger partial charge in [0.1, 0.15) is 6.54 Å². The Balaban J connectivity index is 1.28. The van der Waals surface area contributed by atoms with Crippen LogP contribution in [0.5, 0.6) is 0 Å². The summed E-state index contributed by atoms with van der Waals surface area (Å²) in [6.07, 6.45) is -3.27. The number of piperidine rings is 1. The third-order valence-electron chi connectivity index (χ3n) is 8.92. The molecular formula is C25H31F6N3O3S. The van der Waals surface area contributed by atoms with Crippen LogP contribution in [0.3, 0.4) is 0 Å². The maximum absolute atomic E-state index is 13.1. The smallest absolute Gasteiger partial charge is 0.402 e. The van der Waals surface area contributed by atoms with Crippen LogP contribution in [-0.4, -0.2) is 68.0 Å². The van der Waals surface area contributed by atoms with Crippen LogP contribution in [0.1, 0.15) is 42.4 Å². The molecule has 1 N–H and O–H groups in total. The largest absolute Gasteiger partial charge is 0.633 e. The van der Waals surface area contributed by atoms with Crippen molar-refractivity contribution >= 4 is 16.3 Å². The van der Waals surface area contributed by atoms with E-state index in [0.29, 0.717) is 23.6 Å². The predicted molar refractivity (Wildman–Crippen MR) is 129 cm³/mol. The summed E-state index contributed by atoms with van der Waals surface area (Å²) in [5.41, 5.74) is 1.91. The predicted octanol–water partition coefficient (Wildman–Crippen LogP) is 4.56. The van der Waals surface area contributed by atoms with Gasteiger partial charge in [-0.1, -0.05) is 24.3 Å². The fourth-order valence-corrected chi connectivity index (χ4v) is 8.60. The van der Waals surface area contributed by atoms with Gasteiger partial charge in [0.2, 0.25) is 0 Å². The second kappa shape index (κ2) is 9.46. The first kappa shape index (κ1) is 27.9. The zero-order valence-corrected chi connectivity index (χ0v) is 21.5. The molecule has 1 saturated carbocycles. The van der Waals surface area contributed by atoms with Crippen molar-refractivity contribution < 1.29 is 39.4 Å². The summed E-state index contributed by atoms with van der Waals surface area (Å²) < 4.78 is 106. The number of nitrogens with one attached hydrogen (secondary N) is 1. The molecule has 3 atom stereocenters. The van der Waals surface area contributed by atoms with Gasteiger partial charge in [-0.2, -0.15) is 43.8 Å². The molecule has 1 spiro atoms. The van der Waals surface area contributed by atoms with Gasteiger partial charge in [0, 0.05) is 19.4 Å². The quantitative estimate of drug-likeness (QED) is 0.330. The number of hydrogen-bond acceptors (Lipinski definition) is 3. The number of alkyl halides is 6. The third-order valence-corrected chi connectivity index (χ3v) is 10.5. The van der Waals surface area contributed by atoms with Gasteiger partial charge < -0.3 is 9.85 Å². The minimum Gasteiger partial charge on any atom is -0.633 e. The van der Waals surface area contributed by atoms with Gasteiger partial charge in [-0.3, -0.25) is 0 Å². The van der Waals surface area contributed by atoms with Crippen molar-refractivity contribution in [3.8, 4) is 0 Å². The van der Waals surface area contributed by atoms with E-state index in [4.69, 9.17) is 0 Å². The first-order valence-corrected chi connectivity index (χ1v) is 14.3. The Kier molecular flexibility index (Phi) is 6.94. The molecule has 2 aliphatic heterocycles. The highest BCUT2D eigenvalue weighted by atomic mass is 32.2. The Morgan fingerprint density at radius 3 is 2.26 bits per heavy atom. The molecule has 0 unspecified atom stereocenters. The Hall–Kier alpha value is -1.67. The van der Waals surface area contributed by atoms with E-state index in [1.165, 1.54) is 0 Å². The van der Waals surface area contributed by atoms with Gasteiger partial charge in [-0.15, -0.1) is 0 Å². The molecule has 1 aromatic rings. The van der Waals surface area contributed by atoms with Gasteiger partial charge in [0.25, 0.3) is 10.2 Å². The van der Waals surface area contributed by atoms with Crippen molar-refractivity contribution in [2.75, 3.05) is 32.7 Å². The van der Waals surface area contributed by atoms with E-state index < -0.39 is 45.2 Å². The normalized spacial score (nSPS) is 35.6. The SMILES string of the molecule is O=S1(=O)N[C@@]2(CN1CC(F)(F)F)[C@@H]1CC[C@H]2Cc2ccc(C=CC[N+]3([O-])CCC(C(F)(F)F)CC3)cc2C1. The molecule has 0 radical (unpaired) electrons. The zero-order chi connectivity index (χ0) is 27.6. The third kappa shape index (κ3) is 5.49. The number of benzene rings is 1. The lowest BCUT2D eigenvalue weighted by Gasteiger charge is -2.47. The molecular weight excluding hydrogens is 536 g/mol. The number of hydroxylamine groups is 3. The number of halogens is 6. The molecule has 2 saturated heterocycles. The van der Waals surface area contributed by atoms with E-state index in [2.05, 4.69) is 4.72 Å². The fourth-order valence-electron chi connectivity index (χ4n) is 6.90. The van der Waals surface area contributed by atoms with Crippen LogP contribution in [0.15, 0.2) is 24.3 Å². The molecule has 6 nitrogen and oxygen atoms in total. The van der Waals surface area contributed by atoms with Crippen molar-refractivity contribution in [2.45, 2.75) is 56.4 Å². The molecule has 5 rings (SSSR count). The summed E-state index contributed by atoms with van der Waals surface area (Å²) in [5.74, 6) is -1.68. The van der Waals surface area contributed by atoms with Gasteiger partial charge in [0.15, 0.2) is 0 Å². The fraction of sp³-hybridized carbons (Fsp3) is 0.680. The number of hydrogen-bond donors (Lipinski definition) is 1. The monoisotopic (exact) mass is 567 g/mol. The van der Waals surface area contributed by atoms with Gasteiger partial charge in [0.05, 0.1) is 31.1 Å². The van der Waals surface area contributed by atoms with Crippen LogP contribution >= 0.6 is 0 Å². The summed E-state index contributed by atoms with van der Waals surface area (Å²) in [5, 5.41) is 12.8. The standard InChI is InChI=1S/C25H31F6N3O3S/c26-24(27,28)16-33-15-23(32-38(33,36)37)21-5-6-22(23)14-19-12-17(3-4-18(19)13-21)2-1-9-34(35)10-7-20(8-11-34)25(29,30)31/h1-4,12,20-22,32H,5-11,13-16H2/t20?,21-,22+,23+,34?/m0/s1. The molecule has 3 fully saturated rings. The second-order valence-electron chi connectivity index (χ2n) is 11.3. The topological polar surface area (TPSA) is 72.5 Å². The Morgan fingerprint density at radius 2 is 1.66 bits per heavy atom. The minimum atomic E-state index is -4.63. The lowest BCUT2D eigenvalue weighted by Crippen LogP contribution is -2.52. The van der Waals surface area contributed by atoms with Crippen molar-refractivity contribution in [2.24, 2.45) is 17.8 Å². The van der Waals surface area contributed by atoms with Crippen LogP contribution in [0.2, 0.25) is 0 Å². The lowest BCUT2D eigenvalue weighted by atomic mass is 9.79. The van der Waals surface area contributed by atoms with E-state index >= 15 is 0 Å². The van der Waals surface area contributed by atoms with Gasteiger partial charge in [-0.05, 0) is 60.3 Å². The number of fused-ring (bicyclic) bond motifs is 1. The molecule has 4 aliphatic rings. The Labute approximate surface area is 218 Å². The summed E-state index contributed by atoms with van der Waals surface area (Å²) in [6, 6.07) is 5.78. The molecule has 2 heterocycles. The average molecular weight is 568 g/mol. The first-order valence-electron chi connectivity index (χ1n) is 12.9. The highest BCUT2D eigenvalue weighted by Crippen LogP contribution is 2.50. The van der Waals surface area contributed by atoms with Gasteiger partial charge >= 0.3 is 12.4 Å². The highest BCUT2D eigenvalue weighted by molar-refractivity contribution is 7.87. The van der Waals surface area contributed by atoms with E-state index in [0.717, 1.165) is 23.1 Å². The summed E-state index contributed by atoms with van der Waals surface area (Å²) >= 11 is 0. The Bertz CT molecular complexity index is 1190. The van der Waals surface area contributed by atoms with Crippen molar-refractivity contribution in [3.63, 3.8) is 0 Å². The van der Waals surface area contributed by atoms with E-state index in [9.17, 15) is 40.0 Å². The molecule has 13 heteroatoms. The van der Waals surface area contributed by atoms with Crippen molar-refractivity contribution in [1.29, 1.82) is 0 Å². The molecule has 38 heavy (non-hydrogen) atoms. The number of quaternary nitrogens is 1. The van der Waals surface area contributed by atoms with Crippen LogP contribution in [0.25, 0.3) is 6.08 Å². The molecule has 2 aliphatic carbocycles. The molecule has 2 bridgehead atoms. The first-order chi connectivity index (χ1) is 17.6. The number of likely N-dealkylation sites (tertiary alicyclic amines) is 1. The lowest BCUT2D eigenvalue weighted by molar-refractivity contribution is -0.881. The summed E-state index contributed by atoms with van der Waals surface area (Å²) in [7, 11) is -4.25. The summed E-state index contributed by atoms with van der Waals surface area (Å²) in [6.45, 7) is -1.80. The number of nitrogens with zero attached hydrogens (tertiary/aromatic N) is 2. The maximum Gasteiger partial charge on any atom is 0.402 e. The van der Waals surface area contributed by atoms with Crippen molar-refractivity contribution in [1.82, 2.24) is 9.03 Å².